The standard InChI is InChI=1S/C17H16ClN3O4S/c1-2-25-17(22)12-3-6-15(7-4-12)26(23,24)19-9-14-11-21-10-13(18)5-8-16(21)20-14/h3-8,10-11,19H,2,9H2,1H3. The first-order valence-corrected chi connectivity index (χ1v) is 9.65. The van der Waals surface area contributed by atoms with E-state index in [9.17, 15) is 13.2 Å². The fourth-order valence-corrected chi connectivity index (χ4v) is 3.51. The van der Waals surface area contributed by atoms with E-state index < -0.39 is 16.0 Å². The lowest BCUT2D eigenvalue weighted by molar-refractivity contribution is 0.0526. The highest BCUT2D eigenvalue weighted by Gasteiger charge is 2.16. The van der Waals surface area contributed by atoms with E-state index in [2.05, 4.69) is 9.71 Å². The molecular formula is C17H16ClN3O4S. The SMILES string of the molecule is CCOC(=O)c1ccc(S(=O)(=O)NCc2cn3cc(Cl)ccc3n2)cc1. The predicted molar refractivity (Wildman–Crippen MR) is 96.6 cm³/mol. The molecule has 0 aliphatic rings. The first-order chi connectivity index (χ1) is 12.4. The predicted octanol–water partition coefficient (Wildman–Crippen LogP) is 2.64. The average molecular weight is 394 g/mol. The van der Waals surface area contributed by atoms with Crippen LogP contribution >= 0.6 is 11.6 Å². The van der Waals surface area contributed by atoms with E-state index >= 15 is 0 Å². The Morgan fingerprint density at radius 2 is 1.92 bits per heavy atom. The summed E-state index contributed by atoms with van der Waals surface area (Å²) < 4.78 is 33.9. The molecule has 2 heterocycles. The third kappa shape index (κ3) is 4.04. The van der Waals surface area contributed by atoms with Crippen LogP contribution < -0.4 is 4.72 Å². The molecule has 0 radical (unpaired) electrons. The smallest absolute Gasteiger partial charge is 0.338 e. The van der Waals surface area contributed by atoms with Gasteiger partial charge in [0.1, 0.15) is 5.65 Å². The fourth-order valence-electron chi connectivity index (χ4n) is 2.34. The molecule has 0 aliphatic heterocycles. The molecule has 0 saturated carbocycles. The number of benzene rings is 1. The Hall–Kier alpha value is -2.42. The first-order valence-electron chi connectivity index (χ1n) is 7.79. The molecule has 9 heteroatoms. The van der Waals surface area contributed by atoms with Gasteiger partial charge in [0.25, 0.3) is 0 Å². The number of fused-ring (bicyclic) bond motifs is 1. The van der Waals surface area contributed by atoms with Crippen molar-refractivity contribution in [3.63, 3.8) is 0 Å². The third-order valence-electron chi connectivity index (χ3n) is 3.58. The van der Waals surface area contributed by atoms with Gasteiger partial charge in [-0.3, -0.25) is 0 Å². The van der Waals surface area contributed by atoms with E-state index in [1.54, 1.807) is 35.9 Å². The summed E-state index contributed by atoms with van der Waals surface area (Å²) in [6.45, 7) is 1.99. The molecule has 26 heavy (non-hydrogen) atoms. The summed E-state index contributed by atoms with van der Waals surface area (Å²) in [6.07, 6.45) is 3.39. The molecule has 3 aromatic rings. The number of aromatic nitrogens is 2. The van der Waals surface area contributed by atoms with Crippen LogP contribution in [0, 0.1) is 0 Å². The summed E-state index contributed by atoms with van der Waals surface area (Å²) in [5.74, 6) is -0.493. The molecule has 1 aromatic carbocycles. The number of sulfonamides is 1. The summed E-state index contributed by atoms with van der Waals surface area (Å²) in [6, 6.07) is 9.01. The second kappa shape index (κ2) is 7.45. The van der Waals surface area contributed by atoms with Crippen LogP contribution in [-0.4, -0.2) is 30.4 Å². The van der Waals surface area contributed by atoms with Crippen molar-refractivity contribution in [1.29, 1.82) is 0 Å². The molecule has 2 aromatic heterocycles. The molecule has 0 saturated heterocycles. The number of halogens is 1. The van der Waals surface area contributed by atoms with E-state index in [0.717, 1.165) is 0 Å². The number of imidazole rings is 1. The number of hydrogen-bond donors (Lipinski definition) is 1. The maximum Gasteiger partial charge on any atom is 0.338 e. The van der Waals surface area contributed by atoms with Gasteiger partial charge in [-0.05, 0) is 43.3 Å². The Bertz CT molecular complexity index is 1050. The minimum absolute atomic E-state index is 0.0290. The van der Waals surface area contributed by atoms with Gasteiger partial charge in [-0.2, -0.15) is 0 Å². The zero-order valence-electron chi connectivity index (χ0n) is 13.8. The molecule has 0 bridgehead atoms. The van der Waals surface area contributed by atoms with Crippen LogP contribution in [0.25, 0.3) is 5.65 Å². The van der Waals surface area contributed by atoms with Crippen molar-refractivity contribution in [2.45, 2.75) is 18.4 Å². The van der Waals surface area contributed by atoms with Gasteiger partial charge < -0.3 is 9.14 Å². The molecule has 0 fully saturated rings. The topological polar surface area (TPSA) is 89.8 Å². The third-order valence-corrected chi connectivity index (χ3v) is 5.22. The molecule has 1 N–H and O–H groups in total. The zero-order valence-corrected chi connectivity index (χ0v) is 15.4. The molecule has 136 valence electrons. The molecule has 0 unspecified atom stereocenters. The molecule has 7 nitrogen and oxygen atoms in total. The minimum atomic E-state index is -3.74. The lowest BCUT2D eigenvalue weighted by Gasteiger charge is -2.06. The minimum Gasteiger partial charge on any atom is -0.462 e. The van der Waals surface area contributed by atoms with Crippen LogP contribution in [-0.2, 0) is 21.3 Å². The van der Waals surface area contributed by atoms with Crippen molar-refractivity contribution in [2.24, 2.45) is 0 Å². The number of carbonyl (C=O) groups excluding carboxylic acids is 1. The first kappa shape index (κ1) is 18.4. The van der Waals surface area contributed by atoms with Gasteiger partial charge in [0.05, 0.1) is 34.3 Å². The van der Waals surface area contributed by atoms with Crippen molar-refractivity contribution in [3.05, 3.63) is 65.1 Å². The van der Waals surface area contributed by atoms with Gasteiger partial charge in [-0.1, -0.05) is 11.6 Å². The van der Waals surface area contributed by atoms with Gasteiger partial charge in [0.15, 0.2) is 0 Å². The van der Waals surface area contributed by atoms with Crippen LogP contribution in [0.1, 0.15) is 23.0 Å². The summed E-state index contributed by atoms with van der Waals surface area (Å²) in [7, 11) is -3.74. The molecule has 0 spiro atoms. The Labute approximate surface area is 155 Å². The number of esters is 1. The Morgan fingerprint density at radius 1 is 1.19 bits per heavy atom. The summed E-state index contributed by atoms with van der Waals surface area (Å²) in [4.78, 5) is 16.0. The van der Waals surface area contributed by atoms with Crippen molar-refractivity contribution in [2.75, 3.05) is 6.61 Å². The molecule has 3 rings (SSSR count). The summed E-state index contributed by atoms with van der Waals surface area (Å²) in [5.41, 5.74) is 1.52. The Kier molecular flexibility index (Phi) is 5.26. The van der Waals surface area contributed by atoms with E-state index in [1.807, 2.05) is 0 Å². The monoisotopic (exact) mass is 393 g/mol. The van der Waals surface area contributed by atoms with Crippen LogP contribution in [0.4, 0.5) is 0 Å². The van der Waals surface area contributed by atoms with E-state index in [-0.39, 0.29) is 18.0 Å². The van der Waals surface area contributed by atoms with Gasteiger partial charge in [0, 0.05) is 12.4 Å². The van der Waals surface area contributed by atoms with Gasteiger partial charge >= 0.3 is 5.97 Å². The van der Waals surface area contributed by atoms with Gasteiger partial charge in [0.2, 0.25) is 10.0 Å². The highest BCUT2D eigenvalue weighted by Crippen LogP contribution is 2.14. The zero-order chi connectivity index (χ0) is 18.7. The Morgan fingerprint density at radius 3 is 2.62 bits per heavy atom. The maximum atomic E-state index is 12.4. The summed E-state index contributed by atoms with van der Waals surface area (Å²) >= 11 is 5.92. The van der Waals surface area contributed by atoms with Crippen molar-refractivity contribution in [1.82, 2.24) is 14.1 Å². The van der Waals surface area contributed by atoms with Gasteiger partial charge in [-0.25, -0.2) is 22.9 Å². The lowest BCUT2D eigenvalue weighted by atomic mass is 10.2. The fraction of sp³-hybridized carbons (Fsp3) is 0.176. The number of nitrogens with one attached hydrogen (secondary N) is 1. The number of carbonyl (C=O) groups is 1. The van der Waals surface area contributed by atoms with E-state index in [0.29, 0.717) is 21.9 Å². The molecule has 0 aliphatic carbocycles. The highest BCUT2D eigenvalue weighted by molar-refractivity contribution is 7.89. The molecule has 0 amide bonds. The maximum absolute atomic E-state index is 12.4. The van der Waals surface area contributed by atoms with Crippen molar-refractivity contribution >= 4 is 33.2 Å². The number of nitrogens with zero attached hydrogens (tertiary/aromatic N) is 2. The van der Waals surface area contributed by atoms with Crippen LogP contribution in [0.15, 0.2) is 53.7 Å². The normalized spacial score (nSPS) is 11.6. The number of hydrogen-bond acceptors (Lipinski definition) is 5. The number of rotatable bonds is 6. The number of ether oxygens (including phenoxy) is 1. The largest absolute Gasteiger partial charge is 0.462 e. The average Bonchev–Trinajstić information content (AvgIpc) is 3.02. The second-order valence-corrected chi connectivity index (χ2v) is 7.62. The highest BCUT2D eigenvalue weighted by atomic mass is 35.5. The lowest BCUT2D eigenvalue weighted by Crippen LogP contribution is -2.23. The molecule has 0 atom stereocenters. The van der Waals surface area contributed by atoms with Crippen LogP contribution in [0.5, 0.6) is 0 Å². The van der Waals surface area contributed by atoms with Crippen LogP contribution in [0.3, 0.4) is 0 Å². The second-order valence-electron chi connectivity index (χ2n) is 5.41. The van der Waals surface area contributed by atoms with Crippen molar-refractivity contribution in [3.8, 4) is 0 Å². The quantitative estimate of drug-likeness (QED) is 0.650. The Balaban J connectivity index is 1.72. The van der Waals surface area contributed by atoms with Crippen molar-refractivity contribution < 1.29 is 17.9 Å². The molecular weight excluding hydrogens is 378 g/mol. The van der Waals surface area contributed by atoms with Crippen LogP contribution in [0.2, 0.25) is 5.02 Å². The summed E-state index contributed by atoms with van der Waals surface area (Å²) in [5, 5.41) is 0.559. The van der Waals surface area contributed by atoms with E-state index in [1.165, 1.54) is 24.3 Å². The van der Waals surface area contributed by atoms with E-state index in [4.69, 9.17) is 16.3 Å². The number of pyridine rings is 1. The van der Waals surface area contributed by atoms with Gasteiger partial charge in [-0.15, -0.1) is 0 Å².